The summed E-state index contributed by atoms with van der Waals surface area (Å²) in [5.41, 5.74) is 4.51. The van der Waals surface area contributed by atoms with Gasteiger partial charge in [0, 0.05) is 13.1 Å². The lowest BCUT2D eigenvalue weighted by atomic mass is 9.65. The predicted octanol–water partition coefficient (Wildman–Crippen LogP) is 8.88. The molecule has 49 heavy (non-hydrogen) atoms. The first-order valence-corrected chi connectivity index (χ1v) is 17.5. The fraction of sp³-hybridized carbons (Fsp3) is 0.217. The minimum atomic E-state index is -0.839. The molecule has 248 valence electrons. The van der Waals surface area contributed by atoms with Crippen molar-refractivity contribution in [1.82, 2.24) is 4.90 Å². The lowest BCUT2D eigenvalue weighted by molar-refractivity contribution is 0.0316. The van der Waals surface area contributed by atoms with Crippen LogP contribution in [0.5, 0.6) is 0 Å². The van der Waals surface area contributed by atoms with Gasteiger partial charge in [0.1, 0.15) is 0 Å². The lowest BCUT2D eigenvalue weighted by Gasteiger charge is -2.44. The van der Waals surface area contributed by atoms with E-state index in [0.29, 0.717) is 13.1 Å². The number of nitrogens with zero attached hydrogens (tertiary/aromatic N) is 1. The molecule has 0 radical (unpaired) electrons. The van der Waals surface area contributed by atoms with Gasteiger partial charge in [-0.15, -0.1) is 0 Å². The Labute approximate surface area is 292 Å². The second-order valence-corrected chi connectivity index (χ2v) is 13.0. The van der Waals surface area contributed by atoms with E-state index in [1.807, 2.05) is 36.4 Å². The van der Waals surface area contributed by atoms with E-state index in [4.69, 9.17) is 0 Å². The Hall–Kier alpha value is -4.80. The van der Waals surface area contributed by atoms with Gasteiger partial charge in [-0.3, -0.25) is 4.90 Å². The molecule has 0 saturated carbocycles. The first-order valence-electron chi connectivity index (χ1n) is 17.5. The van der Waals surface area contributed by atoms with Gasteiger partial charge in [0.15, 0.2) is 0 Å². The van der Waals surface area contributed by atoms with Crippen molar-refractivity contribution in [1.29, 1.82) is 0 Å². The van der Waals surface area contributed by atoms with Gasteiger partial charge in [0.05, 0.1) is 23.0 Å². The van der Waals surface area contributed by atoms with Crippen LogP contribution in [0.1, 0.15) is 53.1 Å². The molecular weight excluding hydrogens is 599 g/mol. The Morgan fingerprint density at radius 1 is 0.408 bits per heavy atom. The van der Waals surface area contributed by atoms with Crippen LogP contribution in [0.2, 0.25) is 0 Å². The molecule has 3 heteroatoms. The van der Waals surface area contributed by atoms with Crippen molar-refractivity contribution in [3.05, 3.63) is 215 Å². The molecule has 2 N–H and O–H groups in total. The van der Waals surface area contributed by atoms with E-state index in [2.05, 4.69) is 157 Å². The van der Waals surface area contributed by atoms with Crippen LogP contribution in [-0.4, -0.2) is 47.0 Å². The van der Waals surface area contributed by atoms with Gasteiger partial charge in [0.25, 0.3) is 0 Å². The van der Waals surface area contributed by atoms with Gasteiger partial charge in [-0.25, -0.2) is 0 Å². The number of hydrogen-bond donors (Lipinski definition) is 2. The molecule has 2 atom stereocenters. The first kappa shape index (κ1) is 34.1. The fourth-order valence-electron chi connectivity index (χ4n) is 7.76. The summed E-state index contributed by atoms with van der Waals surface area (Å²) in [6, 6.07) is 62.3. The van der Waals surface area contributed by atoms with Gasteiger partial charge in [0.2, 0.25) is 0 Å². The van der Waals surface area contributed by atoms with E-state index < -0.39 is 23.0 Å². The highest BCUT2D eigenvalue weighted by Gasteiger charge is 2.46. The van der Waals surface area contributed by atoms with Crippen LogP contribution in [0.15, 0.2) is 182 Å². The van der Waals surface area contributed by atoms with E-state index in [-0.39, 0.29) is 0 Å². The van der Waals surface area contributed by atoms with Crippen LogP contribution in [0.25, 0.3) is 0 Å². The average Bonchev–Trinajstić information content (AvgIpc) is 3.17. The number of benzene rings is 6. The van der Waals surface area contributed by atoms with E-state index in [1.54, 1.807) is 0 Å². The maximum Gasteiger partial charge on any atom is 0.0844 e. The summed E-state index contributed by atoms with van der Waals surface area (Å²) in [6.45, 7) is 3.66. The minimum absolute atomic E-state index is 0.365. The number of aliphatic hydroxyl groups excluding tert-OH is 2. The molecule has 0 fully saturated rings. The summed E-state index contributed by atoms with van der Waals surface area (Å²) in [7, 11) is 0. The Bertz CT molecular complexity index is 1490. The van der Waals surface area contributed by atoms with Crippen LogP contribution in [0.3, 0.4) is 0 Å². The smallest absolute Gasteiger partial charge is 0.0844 e. The third-order valence-electron chi connectivity index (χ3n) is 10.1. The largest absolute Gasteiger partial charge is 0.390 e. The molecule has 6 aromatic rings. The van der Waals surface area contributed by atoms with Gasteiger partial charge in [-0.1, -0.05) is 195 Å². The van der Waals surface area contributed by atoms with E-state index in [9.17, 15) is 10.2 Å². The summed E-state index contributed by atoms with van der Waals surface area (Å²) in [5.74, 6) is 0. The zero-order valence-electron chi connectivity index (χ0n) is 28.4. The Morgan fingerprint density at radius 2 is 0.633 bits per heavy atom. The molecule has 0 amide bonds. The molecule has 6 rings (SSSR count). The Morgan fingerprint density at radius 3 is 0.837 bits per heavy atom. The van der Waals surface area contributed by atoms with Gasteiger partial charge in [-0.05, 0) is 46.3 Å². The van der Waals surface area contributed by atoms with E-state index in [1.165, 1.54) is 0 Å². The molecule has 0 spiro atoms. The predicted molar refractivity (Wildman–Crippen MR) is 202 cm³/mol. The van der Waals surface area contributed by atoms with Crippen LogP contribution >= 0.6 is 0 Å². The lowest BCUT2D eigenvalue weighted by Crippen LogP contribution is -2.53. The molecule has 0 unspecified atom stereocenters. The van der Waals surface area contributed by atoms with E-state index >= 15 is 0 Å². The van der Waals surface area contributed by atoms with Crippen LogP contribution < -0.4 is 0 Å². The molecule has 0 aliphatic carbocycles. The van der Waals surface area contributed by atoms with Crippen molar-refractivity contribution in [2.24, 2.45) is 0 Å². The number of unbranched alkanes of at least 4 members (excludes halogenated alkanes) is 1. The second-order valence-electron chi connectivity index (χ2n) is 13.0. The number of aliphatic hydroxyl groups is 2. The third-order valence-corrected chi connectivity index (χ3v) is 10.1. The highest BCUT2D eigenvalue weighted by molar-refractivity contribution is 5.53. The monoisotopic (exact) mass is 645 g/mol. The number of hydrogen-bond acceptors (Lipinski definition) is 3. The van der Waals surface area contributed by atoms with Crippen molar-refractivity contribution in [3.63, 3.8) is 0 Å². The highest BCUT2D eigenvalue weighted by atomic mass is 16.3. The van der Waals surface area contributed by atoms with Crippen molar-refractivity contribution in [2.75, 3.05) is 19.6 Å². The molecule has 0 heterocycles. The molecule has 3 nitrogen and oxygen atoms in total. The van der Waals surface area contributed by atoms with Crippen LogP contribution in [0, 0.1) is 0 Å². The summed E-state index contributed by atoms with van der Waals surface area (Å²) < 4.78 is 0. The molecule has 0 aliphatic heterocycles. The zero-order chi connectivity index (χ0) is 33.9. The molecule has 0 bridgehead atoms. The van der Waals surface area contributed by atoms with Crippen molar-refractivity contribution < 1.29 is 10.2 Å². The standard InChI is InChI=1S/C46H47NO2/c1-2-3-34-47(35-43(48)45(37-22-10-4-11-23-37,38-24-12-5-13-25-38)39-26-14-6-15-27-39)36-44(49)46(40-28-16-7-17-29-40,41-30-18-8-19-31-41)42-32-20-9-21-33-42/h4-33,43-44,48-49H,2-3,34-36H2,1H3/t43-,44-/m0/s1. The van der Waals surface area contributed by atoms with Gasteiger partial charge < -0.3 is 10.2 Å². The maximum atomic E-state index is 12.8. The summed E-state index contributed by atoms with van der Waals surface area (Å²) >= 11 is 0. The van der Waals surface area contributed by atoms with Crippen LogP contribution in [0.4, 0.5) is 0 Å². The molecule has 0 aliphatic rings. The second kappa shape index (κ2) is 16.1. The minimum Gasteiger partial charge on any atom is -0.390 e. The highest BCUT2D eigenvalue weighted by Crippen LogP contribution is 2.44. The molecule has 0 saturated heterocycles. The summed E-state index contributed by atoms with van der Waals surface area (Å²) in [6.07, 6.45) is 0.292. The molecular formula is C46H47NO2. The maximum absolute atomic E-state index is 12.8. The number of rotatable bonds is 15. The molecule has 6 aromatic carbocycles. The normalized spacial score (nSPS) is 13.2. The topological polar surface area (TPSA) is 43.7 Å². The fourth-order valence-corrected chi connectivity index (χ4v) is 7.76. The van der Waals surface area contributed by atoms with Gasteiger partial charge in [-0.2, -0.15) is 0 Å². The Balaban J connectivity index is 1.47. The van der Waals surface area contributed by atoms with Crippen molar-refractivity contribution in [2.45, 2.75) is 42.8 Å². The zero-order valence-corrected chi connectivity index (χ0v) is 28.4. The summed E-state index contributed by atoms with van der Waals surface area (Å²) in [5, 5.41) is 25.7. The molecule has 0 aromatic heterocycles. The third kappa shape index (κ3) is 6.89. The van der Waals surface area contributed by atoms with Crippen molar-refractivity contribution >= 4 is 0 Å². The Kier molecular flexibility index (Phi) is 11.2. The SMILES string of the molecule is CCCCN(C[C@H](O)C(c1ccccc1)(c1ccccc1)c1ccccc1)C[C@H](O)C(c1ccccc1)(c1ccccc1)c1ccccc1. The van der Waals surface area contributed by atoms with E-state index in [0.717, 1.165) is 52.8 Å². The van der Waals surface area contributed by atoms with Crippen LogP contribution in [-0.2, 0) is 10.8 Å². The first-order chi connectivity index (χ1) is 24.1. The quantitative estimate of drug-likeness (QED) is 0.110. The van der Waals surface area contributed by atoms with Crippen molar-refractivity contribution in [3.8, 4) is 0 Å². The van der Waals surface area contributed by atoms with Gasteiger partial charge >= 0.3 is 0 Å². The summed E-state index contributed by atoms with van der Waals surface area (Å²) in [4.78, 5) is 2.28. The average molecular weight is 646 g/mol.